The number of likely N-dealkylation sites (tertiary alicyclic amines) is 1. The van der Waals surface area contributed by atoms with Crippen LogP contribution >= 0.6 is 0 Å². The summed E-state index contributed by atoms with van der Waals surface area (Å²) in [7, 11) is 1.66. The fourth-order valence-corrected chi connectivity index (χ4v) is 2.28. The van der Waals surface area contributed by atoms with Crippen molar-refractivity contribution in [1.29, 1.82) is 0 Å². The Morgan fingerprint density at radius 1 is 1.38 bits per heavy atom. The highest BCUT2D eigenvalue weighted by atomic mass is 16.6. The molecule has 1 fully saturated rings. The minimum absolute atomic E-state index is 0.197. The Morgan fingerprint density at radius 2 is 1.95 bits per heavy atom. The number of carbonyl (C=O) groups excluding carboxylic acids is 1. The van der Waals surface area contributed by atoms with Gasteiger partial charge in [0.25, 0.3) is 0 Å². The number of carbonyl (C=O) groups is 1. The number of aliphatic hydroxyl groups is 1. The van der Waals surface area contributed by atoms with Gasteiger partial charge in [-0.25, -0.2) is 4.79 Å². The highest BCUT2D eigenvalue weighted by molar-refractivity contribution is 5.68. The zero-order chi connectivity index (χ0) is 16.1. The number of methoxy groups -OCH3 is 1. The quantitative estimate of drug-likeness (QED) is 0.802. The Kier molecular flexibility index (Phi) is 6.43. The Bertz CT molecular complexity index is 333. The van der Waals surface area contributed by atoms with Crippen LogP contribution in [0.4, 0.5) is 4.79 Å². The van der Waals surface area contributed by atoms with E-state index in [-0.39, 0.29) is 12.1 Å². The molecule has 6 heteroatoms. The lowest BCUT2D eigenvalue weighted by Gasteiger charge is -2.39. The first-order chi connectivity index (χ1) is 9.65. The monoisotopic (exact) mass is 302 g/mol. The van der Waals surface area contributed by atoms with Gasteiger partial charge in [0.15, 0.2) is 0 Å². The Hall–Kier alpha value is -0.850. The van der Waals surface area contributed by atoms with Gasteiger partial charge in [-0.2, -0.15) is 0 Å². The molecule has 0 aromatic carbocycles. The molecular formula is C15H30N2O4. The molecule has 0 aliphatic carbocycles. The van der Waals surface area contributed by atoms with Crippen molar-refractivity contribution in [3.05, 3.63) is 0 Å². The number of hydrogen-bond acceptors (Lipinski definition) is 5. The third-order valence-electron chi connectivity index (χ3n) is 3.54. The fraction of sp³-hybridized carbons (Fsp3) is 0.933. The molecule has 1 amide bonds. The van der Waals surface area contributed by atoms with Crippen molar-refractivity contribution in [1.82, 2.24) is 10.2 Å². The van der Waals surface area contributed by atoms with Crippen molar-refractivity contribution in [2.45, 2.75) is 57.8 Å². The van der Waals surface area contributed by atoms with Crippen LogP contribution in [0.25, 0.3) is 0 Å². The lowest BCUT2D eigenvalue weighted by molar-refractivity contribution is -0.0328. The van der Waals surface area contributed by atoms with E-state index < -0.39 is 11.2 Å². The third kappa shape index (κ3) is 6.63. The number of rotatable bonds is 5. The van der Waals surface area contributed by atoms with Crippen molar-refractivity contribution in [3.8, 4) is 0 Å². The van der Waals surface area contributed by atoms with Gasteiger partial charge in [-0.3, -0.25) is 0 Å². The number of nitrogens with zero attached hydrogens (tertiary/aromatic N) is 1. The van der Waals surface area contributed by atoms with Crippen LogP contribution in [-0.2, 0) is 9.47 Å². The molecule has 2 N–H and O–H groups in total. The molecule has 1 rings (SSSR count). The summed E-state index contributed by atoms with van der Waals surface area (Å²) in [6.45, 7) is 9.74. The summed E-state index contributed by atoms with van der Waals surface area (Å²) in [5.74, 6) is 0. The zero-order valence-electron chi connectivity index (χ0n) is 13.9. The topological polar surface area (TPSA) is 71.0 Å². The molecule has 21 heavy (non-hydrogen) atoms. The second kappa shape index (κ2) is 7.42. The Balaban J connectivity index is 2.38. The predicted molar refractivity (Wildman–Crippen MR) is 81.3 cm³/mol. The van der Waals surface area contributed by atoms with Crippen LogP contribution in [-0.4, -0.2) is 66.7 Å². The molecule has 1 aliphatic heterocycles. The van der Waals surface area contributed by atoms with Gasteiger partial charge < -0.3 is 24.8 Å². The molecule has 124 valence electrons. The molecule has 0 aromatic rings. The first kappa shape index (κ1) is 18.2. The summed E-state index contributed by atoms with van der Waals surface area (Å²) in [6, 6.07) is 0.197. The lowest BCUT2D eigenvalue weighted by atomic mass is 9.91. The van der Waals surface area contributed by atoms with E-state index in [4.69, 9.17) is 9.47 Å². The zero-order valence-corrected chi connectivity index (χ0v) is 13.9. The highest BCUT2D eigenvalue weighted by Crippen LogP contribution is 2.23. The maximum absolute atomic E-state index is 12.0. The van der Waals surface area contributed by atoms with Crippen molar-refractivity contribution >= 4 is 6.09 Å². The lowest BCUT2D eigenvalue weighted by Crippen LogP contribution is -2.53. The minimum Gasteiger partial charge on any atom is -0.444 e. The van der Waals surface area contributed by atoms with Crippen LogP contribution in [0.3, 0.4) is 0 Å². The molecule has 1 unspecified atom stereocenters. The van der Waals surface area contributed by atoms with Gasteiger partial charge >= 0.3 is 6.09 Å². The maximum atomic E-state index is 12.0. The van der Waals surface area contributed by atoms with Gasteiger partial charge in [0.05, 0.1) is 12.2 Å². The standard InChI is InChI=1S/C15H30N2O4/c1-12(10-20-5)16-11-15(19)6-8-17(9-7-15)13(18)21-14(2,3)4/h12,16,19H,6-11H2,1-5H3. The van der Waals surface area contributed by atoms with E-state index in [9.17, 15) is 9.90 Å². The molecule has 1 aliphatic rings. The van der Waals surface area contributed by atoms with Crippen LogP contribution < -0.4 is 5.32 Å². The molecule has 1 saturated heterocycles. The summed E-state index contributed by atoms with van der Waals surface area (Å²) in [6.07, 6.45) is 0.808. The minimum atomic E-state index is -0.763. The largest absolute Gasteiger partial charge is 0.444 e. The molecule has 0 bridgehead atoms. The summed E-state index contributed by atoms with van der Waals surface area (Å²) in [4.78, 5) is 13.6. The summed E-state index contributed by atoms with van der Waals surface area (Å²) in [5.41, 5.74) is -1.25. The van der Waals surface area contributed by atoms with Gasteiger partial charge in [-0.1, -0.05) is 0 Å². The smallest absolute Gasteiger partial charge is 0.410 e. The first-order valence-corrected chi connectivity index (χ1v) is 7.58. The van der Waals surface area contributed by atoms with Crippen molar-refractivity contribution in [3.63, 3.8) is 0 Å². The van der Waals surface area contributed by atoms with E-state index in [2.05, 4.69) is 5.32 Å². The fourth-order valence-electron chi connectivity index (χ4n) is 2.28. The number of ether oxygens (including phenoxy) is 2. The van der Waals surface area contributed by atoms with Crippen LogP contribution in [0, 0.1) is 0 Å². The SMILES string of the molecule is COCC(C)NCC1(O)CCN(C(=O)OC(C)(C)C)CC1. The summed E-state index contributed by atoms with van der Waals surface area (Å²) < 4.78 is 10.4. The van der Waals surface area contributed by atoms with Gasteiger partial charge in [0, 0.05) is 32.8 Å². The van der Waals surface area contributed by atoms with E-state index in [0.29, 0.717) is 39.1 Å². The van der Waals surface area contributed by atoms with Crippen LogP contribution in [0.5, 0.6) is 0 Å². The molecule has 0 radical (unpaired) electrons. The van der Waals surface area contributed by atoms with E-state index >= 15 is 0 Å². The average Bonchev–Trinajstić information content (AvgIpc) is 2.36. The summed E-state index contributed by atoms with van der Waals surface area (Å²) in [5, 5.41) is 13.8. The predicted octanol–water partition coefficient (Wildman–Crippen LogP) is 1.37. The second-order valence-corrected chi connectivity index (χ2v) is 6.93. The van der Waals surface area contributed by atoms with Gasteiger partial charge in [-0.05, 0) is 40.5 Å². The van der Waals surface area contributed by atoms with E-state index in [1.54, 1.807) is 12.0 Å². The molecule has 0 spiro atoms. The first-order valence-electron chi connectivity index (χ1n) is 7.58. The van der Waals surface area contributed by atoms with Crippen molar-refractivity contribution in [2.75, 3.05) is 33.4 Å². The van der Waals surface area contributed by atoms with Crippen LogP contribution in [0.2, 0.25) is 0 Å². The van der Waals surface area contributed by atoms with E-state index in [1.165, 1.54) is 0 Å². The number of hydrogen-bond donors (Lipinski definition) is 2. The van der Waals surface area contributed by atoms with Crippen LogP contribution in [0.15, 0.2) is 0 Å². The Labute approximate surface area is 127 Å². The normalized spacial score (nSPS) is 20.2. The van der Waals surface area contributed by atoms with Gasteiger partial charge in [-0.15, -0.1) is 0 Å². The average molecular weight is 302 g/mol. The number of amides is 1. The number of piperidine rings is 1. The highest BCUT2D eigenvalue weighted by Gasteiger charge is 2.35. The maximum Gasteiger partial charge on any atom is 0.410 e. The summed E-state index contributed by atoms with van der Waals surface area (Å²) >= 11 is 0. The molecule has 1 heterocycles. The Morgan fingerprint density at radius 3 is 2.43 bits per heavy atom. The molecule has 6 nitrogen and oxygen atoms in total. The van der Waals surface area contributed by atoms with Gasteiger partial charge in [0.1, 0.15) is 5.60 Å². The molecule has 0 aromatic heterocycles. The molecule has 1 atom stereocenters. The van der Waals surface area contributed by atoms with Crippen molar-refractivity contribution in [2.24, 2.45) is 0 Å². The third-order valence-corrected chi connectivity index (χ3v) is 3.54. The van der Waals surface area contributed by atoms with E-state index in [0.717, 1.165) is 0 Å². The van der Waals surface area contributed by atoms with Gasteiger partial charge in [0.2, 0.25) is 0 Å². The molecular weight excluding hydrogens is 272 g/mol. The second-order valence-electron chi connectivity index (χ2n) is 6.93. The van der Waals surface area contributed by atoms with E-state index in [1.807, 2.05) is 27.7 Å². The van der Waals surface area contributed by atoms with Crippen molar-refractivity contribution < 1.29 is 19.4 Å². The molecule has 0 saturated carbocycles. The number of nitrogens with one attached hydrogen (secondary N) is 1. The van der Waals surface area contributed by atoms with Crippen LogP contribution in [0.1, 0.15) is 40.5 Å².